The highest BCUT2D eigenvalue weighted by Gasteiger charge is 2.16. The highest BCUT2D eigenvalue weighted by Crippen LogP contribution is 2.26. The van der Waals surface area contributed by atoms with Gasteiger partial charge in [0.1, 0.15) is 0 Å². The van der Waals surface area contributed by atoms with Gasteiger partial charge in [-0.3, -0.25) is 0 Å². The van der Waals surface area contributed by atoms with Crippen LogP contribution in [-0.2, 0) is 27.4 Å². The topological polar surface area (TPSA) is 60.2 Å². The molecule has 114 valence electrons. The van der Waals surface area contributed by atoms with Crippen molar-refractivity contribution in [2.75, 3.05) is 12.8 Å². The fourth-order valence-corrected chi connectivity index (χ4v) is 2.97. The van der Waals surface area contributed by atoms with Crippen molar-refractivity contribution in [2.45, 2.75) is 51.2 Å². The minimum atomic E-state index is -3.00. The van der Waals surface area contributed by atoms with Crippen LogP contribution >= 0.6 is 0 Å². The average Bonchev–Trinajstić information content (AvgIpc) is 2.25. The molecular weight excluding hydrogens is 270 g/mol. The fourth-order valence-electron chi connectivity index (χ4n) is 2.20. The van der Waals surface area contributed by atoms with Gasteiger partial charge in [-0.05, 0) is 47.9 Å². The van der Waals surface area contributed by atoms with Crippen molar-refractivity contribution in [1.82, 2.24) is 0 Å². The second kappa shape index (κ2) is 6.72. The first kappa shape index (κ1) is 17.2. The Morgan fingerprint density at radius 3 is 2.15 bits per heavy atom. The van der Waals surface area contributed by atoms with Crippen LogP contribution in [-0.4, -0.2) is 21.2 Å². The predicted molar refractivity (Wildman–Crippen MR) is 85.7 cm³/mol. The molecule has 1 aromatic rings. The summed E-state index contributed by atoms with van der Waals surface area (Å²) in [6, 6.07) is 6.24. The molecule has 0 aliphatic heterocycles. The Labute approximate surface area is 123 Å². The van der Waals surface area contributed by atoms with Gasteiger partial charge in [0.05, 0.1) is 5.75 Å². The molecule has 4 heteroatoms. The smallest absolute Gasteiger partial charge is 0.151 e. The number of unbranched alkanes of at least 4 members (excludes halogenated alkanes) is 1. The molecular formula is C16H27NO2S. The Morgan fingerprint density at radius 1 is 1.05 bits per heavy atom. The van der Waals surface area contributed by atoms with E-state index in [4.69, 9.17) is 5.73 Å². The molecule has 0 fully saturated rings. The maximum atomic E-state index is 11.5. The van der Waals surface area contributed by atoms with E-state index in [0.717, 1.165) is 24.8 Å². The first-order valence-electron chi connectivity index (χ1n) is 7.13. The van der Waals surface area contributed by atoms with Crippen LogP contribution in [0.25, 0.3) is 0 Å². The summed E-state index contributed by atoms with van der Waals surface area (Å²) in [5.41, 5.74) is 8.85. The molecule has 20 heavy (non-hydrogen) atoms. The molecule has 0 aliphatic rings. The van der Waals surface area contributed by atoms with Crippen LogP contribution in [0.3, 0.4) is 0 Å². The van der Waals surface area contributed by atoms with E-state index in [1.54, 1.807) is 0 Å². The fraction of sp³-hybridized carbons (Fsp3) is 0.625. The minimum absolute atomic E-state index is 0.0239. The lowest BCUT2D eigenvalue weighted by atomic mass is 9.84. The molecule has 3 nitrogen and oxygen atoms in total. The van der Waals surface area contributed by atoms with Crippen LogP contribution in [0, 0.1) is 0 Å². The van der Waals surface area contributed by atoms with Gasteiger partial charge in [-0.1, -0.05) is 39.0 Å². The maximum absolute atomic E-state index is 11.5. The Hall–Kier alpha value is -0.870. The Morgan fingerprint density at radius 2 is 1.65 bits per heavy atom. The summed E-state index contributed by atoms with van der Waals surface area (Å²) in [5.74, 6) is 0.112. The normalized spacial score (nSPS) is 12.7. The van der Waals surface area contributed by atoms with E-state index in [9.17, 15) is 8.42 Å². The van der Waals surface area contributed by atoms with Gasteiger partial charge in [0.2, 0.25) is 0 Å². The zero-order valence-electron chi connectivity index (χ0n) is 13.1. The van der Waals surface area contributed by atoms with E-state index >= 15 is 0 Å². The molecule has 1 rings (SSSR count). The van der Waals surface area contributed by atoms with Gasteiger partial charge in [0, 0.05) is 6.26 Å². The lowest BCUT2D eigenvalue weighted by Crippen LogP contribution is -2.13. The van der Waals surface area contributed by atoms with Crippen LogP contribution in [0.5, 0.6) is 0 Å². The third kappa shape index (κ3) is 6.06. The van der Waals surface area contributed by atoms with E-state index < -0.39 is 9.84 Å². The van der Waals surface area contributed by atoms with Crippen molar-refractivity contribution < 1.29 is 8.42 Å². The summed E-state index contributed by atoms with van der Waals surface area (Å²) >= 11 is 0. The zero-order chi connectivity index (χ0) is 15.4. The van der Waals surface area contributed by atoms with Gasteiger partial charge in [-0.15, -0.1) is 0 Å². The van der Waals surface area contributed by atoms with Crippen molar-refractivity contribution in [3.05, 3.63) is 34.9 Å². The van der Waals surface area contributed by atoms with Crippen LogP contribution in [0.1, 0.15) is 50.3 Å². The molecule has 0 heterocycles. The van der Waals surface area contributed by atoms with Crippen molar-refractivity contribution in [1.29, 1.82) is 0 Å². The summed E-state index contributed by atoms with van der Waals surface area (Å²) in [6.07, 6.45) is 4.28. The van der Waals surface area contributed by atoms with Crippen molar-refractivity contribution in [3.63, 3.8) is 0 Å². The van der Waals surface area contributed by atoms with Gasteiger partial charge >= 0.3 is 0 Å². The summed E-state index contributed by atoms with van der Waals surface area (Å²) in [6.45, 7) is 7.15. The van der Waals surface area contributed by atoms with E-state index in [1.807, 2.05) is 12.1 Å². The lowest BCUT2D eigenvalue weighted by molar-refractivity contribution is 0.586. The summed E-state index contributed by atoms with van der Waals surface area (Å²) in [7, 11) is -3.00. The Bertz CT molecular complexity index is 542. The van der Waals surface area contributed by atoms with Crippen LogP contribution in [0.15, 0.2) is 18.2 Å². The maximum Gasteiger partial charge on any atom is 0.151 e. The number of hydrogen-bond donors (Lipinski definition) is 1. The molecule has 0 unspecified atom stereocenters. The molecule has 0 aliphatic carbocycles. The molecule has 0 amide bonds. The largest absolute Gasteiger partial charge is 0.330 e. The minimum Gasteiger partial charge on any atom is -0.330 e. The quantitative estimate of drug-likeness (QED) is 0.821. The molecule has 2 N–H and O–H groups in total. The summed E-state index contributed by atoms with van der Waals surface area (Å²) in [4.78, 5) is 0. The third-order valence-corrected chi connectivity index (χ3v) is 4.12. The molecule has 1 aromatic carbocycles. The Kier molecular flexibility index (Phi) is 5.78. The van der Waals surface area contributed by atoms with E-state index in [1.165, 1.54) is 17.4 Å². The number of nitrogens with two attached hydrogens (primary N) is 1. The van der Waals surface area contributed by atoms with Crippen molar-refractivity contribution >= 4 is 9.84 Å². The average molecular weight is 297 g/mol. The number of benzene rings is 1. The van der Waals surface area contributed by atoms with Gasteiger partial charge in [0.15, 0.2) is 9.84 Å². The zero-order valence-corrected chi connectivity index (χ0v) is 13.9. The highest BCUT2D eigenvalue weighted by molar-refractivity contribution is 7.89. The van der Waals surface area contributed by atoms with E-state index in [2.05, 4.69) is 26.8 Å². The number of hydrogen-bond acceptors (Lipinski definition) is 3. The lowest BCUT2D eigenvalue weighted by Gasteiger charge is -2.21. The van der Waals surface area contributed by atoms with E-state index in [0.29, 0.717) is 6.54 Å². The Balaban J connectivity index is 3.08. The molecule has 0 bridgehead atoms. The van der Waals surface area contributed by atoms with Crippen molar-refractivity contribution in [2.24, 2.45) is 5.73 Å². The monoisotopic (exact) mass is 297 g/mol. The van der Waals surface area contributed by atoms with Gasteiger partial charge < -0.3 is 5.73 Å². The second-order valence-electron chi connectivity index (χ2n) is 6.60. The highest BCUT2D eigenvalue weighted by atomic mass is 32.2. The van der Waals surface area contributed by atoms with Gasteiger partial charge in [-0.25, -0.2) is 8.42 Å². The van der Waals surface area contributed by atoms with Crippen molar-refractivity contribution in [3.8, 4) is 0 Å². The summed E-state index contributed by atoms with van der Waals surface area (Å²) < 4.78 is 23.0. The van der Waals surface area contributed by atoms with Crippen LogP contribution in [0.4, 0.5) is 0 Å². The van der Waals surface area contributed by atoms with Gasteiger partial charge in [0.25, 0.3) is 0 Å². The molecule has 0 spiro atoms. The van der Waals surface area contributed by atoms with Crippen LogP contribution < -0.4 is 5.73 Å². The molecule has 0 atom stereocenters. The second-order valence-corrected chi connectivity index (χ2v) is 8.74. The van der Waals surface area contributed by atoms with Crippen LogP contribution in [0.2, 0.25) is 0 Å². The van der Waals surface area contributed by atoms with E-state index in [-0.39, 0.29) is 11.2 Å². The predicted octanol–water partition coefficient (Wildman–Crippen LogP) is 2.81. The molecule has 0 radical (unpaired) electrons. The first-order valence-corrected chi connectivity index (χ1v) is 9.19. The molecule has 0 saturated heterocycles. The molecule has 0 aromatic heterocycles. The first-order chi connectivity index (χ1) is 9.12. The molecule has 0 saturated carbocycles. The number of rotatable bonds is 6. The van der Waals surface area contributed by atoms with Gasteiger partial charge in [-0.2, -0.15) is 0 Å². The summed E-state index contributed by atoms with van der Waals surface area (Å²) in [5, 5.41) is 0. The third-order valence-electron chi connectivity index (χ3n) is 3.27. The number of sulfone groups is 1. The number of aryl methyl sites for hydroxylation is 1. The SMILES string of the molecule is CC(C)(C)c1cc(CCCCN)cc(CS(C)(=O)=O)c1. The standard InChI is InChI=1S/C16H27NO2S/c1-16(2,3)15-10-13(7-5-6-8-17)9-14(11-15)12-20(4,18)19/h9-11H,5-8,12,17H2,1-4H3.